The van der Waals surface area contributed by atoms with E-state index in [1.807, 2.05) is 12.1 Å². The zero-order valence-corrected chi connectivity index (χ0v) is 15.3. The van der Waals surface area contributed by atoms with Crippen LogP contribution in [-0.2, 0) is 5.41 Å². The van der Waals surface area contributed by atoms with Crippen molar-refractivity contribution < 1.29 is 9.47 Å². The maximum atomic E-state index is 6.30. The maximum Gasteiger partial charge on any atom is 0.124 e. The Labute approximate surface area is 145 Å². The molecule has 2 aromatic rings. The number of benzene rings is 2. The molecule has 1 heterocycles. The second-order valence-corrected chi connectivity index (χ2v) is 7.59. The summed E-state index contributed by atoms with van der Waals surface area (Å²) in [4.78, 5) is 2.26. The van der Waals surface area contributed by atoms with Gasteiger partial charge in [0.05, 0.1) is 7.11 Å². The van der Waals surface area contributed by atoms with Crippen LogP contribution in [0.1, 0.15) is 31.4 Å². The third-order valence-corrected chi connectivity index (χ3v) is 4.73. The SMILES string of the molecule is COc1ccc2c(c1)C(CN(C)C)(c1ccccc1)CC(C)(C)O2. The van der Waals surface area contributed by atoms with E-state index in [4.69, 9.17) is 9.47 Å². The molecule has 1 unspecified atom stereocenters. The lowest BCUT2D eigenvalue weighted by molar-refractivity contribution is 0.0469. The second kappa shape index (κ2) is 6.14. The summed E-state index contributed by atoms with van der Waals surface area (Å²) in [6.45, 7) is 5.27. The van der Waals surface area contributed by atoms with E-state index in [0.717, 1.165) is 24.5 Å². The van der Waals surface area contributed by atoms with Gasteiger partial charge < -0.3 is 14.4 Å². The maximum absolute atomic E-state index is 6.30. The summed E-state index contributed by atoms with van der Waals surface area (Å²) in [6.07, 6.45) is 0.919. The summed E-state index contributed by atoms with van der Waals surface area (Å²) in [6, 6.07) is 16.9. The molecule has 0 N–H and O–H groups in total. The normalized spacial score (nSPS) is 21.9. The fourth-order valence-electron chi connectivity index (χ4n) is 4.04. The van der Waals surface area contributed by atoms with Crippen LogP contribution in [0.5, 0.6) is 11.5 Å². The molecule has 3 heteroatoms. The third kappa shape index (κ3) is 3.01. The van der Waals surface area contributed by atoms with Gasteiger partial charge >= 0.3 is 0 Å². The number of methoxy groups -OCH3 is 1. The minimum absolute atomic E-state index is 0.129. The molecule has 3 nitrogen and oxygen atoms in total. The number of hydrogen-bond acceptors (Lipinski definition) is 3. The molecule has 0 bridgehead atoms. The first-order chi connectivity index (χ1) is 11.4. The Kier molecular flexibility index (Phi) is 4.31. The van der Waals surface area contributed by atoms with Crippen LogP contribution < -0.4 is 9.47 Å². The Hall–Kier alpha value is -2.00. The smallest absolute Gasteiger partial charge is 0.124 e. The van der Waals surface area contributed by atoms with Crippen LogP contribution in [0, 0.1) is 0 Å². The van der Waals surface area contributed by atoms with Crippen molar-refractivity contribution in [3.05, 3.63) is 59.7 Å². The number of fused-ring (bicyclic) bond motifs is 1. The van der Waals surface area contributed by atoms with Crippen LogP contribution in [0.25, 0.3) is 0 Å². The molecule has 0 aromatic heterocycles. The average Bonchev–Trinajstić information content (AvgIpc) is 2.54. The van der Waals surface area contributed by atoms with Gasteiger partial charge in [-0.15, -0.1) is 0 Å². The zero-order valence-electron chi connectivity index (χ0n) is 15.3. The van der Waals surface area contributed by atoms with Crippen molar-refractivity contribution in [3.63, 3.8) is 0 Å². The molecule has 0 aliphatic carbocycles. The predicted molar refractivity (Wildman–Crippen MR) is 98.1 cm³/mol. The van der Waals surface area contributed by atoms with E-state index in [1.54, 1.807) is 7.11 Å². The molecular formula is C21H27NO2. The van der Waals surface area contributed by atoms with Crippen molar-refractivity contribution in [3.8, 4) is 11.5 Å². The molecule has 3 rings (SSSR count). The first-order valence-corrected chi connectivity index (χ1v) is 8.44. The van der Waals surface area contributed by atoms with Gasteiger partial charge in [-0.3, -0.25) is 0 Å². The summed E-state index contributed by atoms with van der Waals surface area (Å²) < 4.78 is 11.8. The van der Waals surface area contributed by atoms with E-state index in [2.05, 4.69) is 69.2 Å². The first kappa shape index (κ1) is 16.8. The van der Waals surface area contributed by atoms with E-state index in [-0.39, 0.29) is 11.0 Å². The van der Waals surface area contributed by atoms with Gasteiger partial charge in [-0.1, -0.05) is 30.3 Å². The number of hydrogen-bond donors (Lipinski definition) is 0. The van der Waals surface area contributed by atoms with Crippen LogP contribution in [-0.4, -0.2) is 38.3 Å². The van der Waals surface area contributed by atoms with Crippen LogP contribution in [0.4, 0.5) is 0 Å². The monoisotopic (exact) mass is 325 g/mol. The predicted octanol–water partition coefficient (Wildman–Crippen LogP) is 4.10. The lowest BCUT2D eigenvalue weighted by atomic mass is 9.66. The van der Waals surface area contributed by atoms with Gasteiger partial charge in [0.15, 0.2) is 0 Å². The van der Waals surface area contributed by atoms with Crippen LogP contribution >= 0.6 is 0 Å². The first-order valence-electron chi connectivity index (χ1n) is 8.44. The molecule has 24 heavy (non-hydrogen) atoms. The lowest BCUT2D eigenvalue weighted by Crippen LogP contribution is -2.49. The van der Waals surface area contributed by atoms with Gasteiger partial charge in [0.1, 0.15) is 17.1 Å². The summed E-state index contributed by atoms with van der Waals surface area (Å²) in [7, 11) is 5.98. The quantitative estimate of drug-likeness (QED) is 0.844. The van der Waals surface area contributed by atoms with Crippen molar-refractivity contribution >= 4 is 0 Å². The van der Waals surface area contributed by atoms with Crippen LogP contribution in [0.2, 0.25) is 0 Å². The number of nitrogens with zero attached hydrogens (tertiary/aromatic N) is 1. The summed E-state index contributed by atoms with van der Waals surface area (Å²) in [5, 5.41) is 0. The van der Waals surface area contributed by atoms with Crippen molar-refractivity contribution in [2.75, 3.05) is 27.7 Å². The highest BCUT2D eigenvalue weighted by Crippen LogP contribution is 2.50. The largest absolute Gasteiger partial charge is 0.497 e. The lowest BCUT2D eigenvalue weighted by Gasteiger charge is -2.47. The minimum Gasteiger partial charge on any atom is -0.497 e. The molecule has 0 amide bonds. The Bertz CT molecular complexity index is 709. The Morgan fingerprint density at radius 2 is 1.79 bits per heavy atom. The molecule has 0 saturated carbocycles. The molecule has 0 radical (unpaired) electrons. The molecule has 0 fully saturated rings. The third-order valence-electron chi connectivity index (χ3n) is 4.73. The number of rotatable bonds is 4. The van der Waals surface area contributed by atoms with Gasteiger partial charge in [-0.2, -0.15) is 0 Å². The van der Waals surface area contributed by atoms with E-state index < -0.39 is 0 Å². The highest BCUT2D eigenvalue weighted by atomic mass is 16.5. The number of ether oxygens (including phenoxy) is 2. The molecule has 128 valence electrons. The highest BCUT2D eigenvalue weighted by Gasteiger charge is 2.46. The molecule has 1 aliphatic rings. The Balaban J connectivity index is 2.27. The van der Waals surface area contributed by atoms with Gasteiger partial charge in [-0.05, 0) is 51.7 Å². The fourth-order valence-corrected chi connectivity index (χ4v) is 4.04. The average molecular weight is 325 g/mol. The summed E-state index contributed by atoms with van der Waals surface area (Å²) >= 11 is 0. The van der Waals surface area contributed by atoms with E-state index in [0.29, 0.717) is 0 Å². The standard InChI is InChI=1S/C21H27NO2/c1-20(2)14-21(15-22(3)4,16-9-7-6-8-10-16)18-13-17(23-5)11-12-19(18)24-20/h6-13H,14-15H2,1-5H3. The zero-order chi connectivity index (χ0) is 17.4. The topological polar surface area (TPSA) is 21.7 Å². The Morgan fingerprint density at radius 1 is 1.08 bits per heavy atom. The van der Waals surface area contributed by atoms with Crippen LogP contribution in [0.3, 0.4) is 0 Å². The second-order valence-electron chi connectivity index (χ2n) is 7.59. The van der Waals surface area contributed by atoms with Crippen molar-refractivity contribution in [1.82, 2.24) is 4.90 Å². The van der Waals surface area contributed by atoms with Crippen molar-refractivity contribution in [1.29, 1.82) is 0 Å². The van der Waals surface area contributed by atoms with E-state index >= 15 is 0 Å². The van der Waals surface area contributed by atoms with Gasteiger partial charge in [0, 0.05) is 23.9 Å². The van der Waals surface area contributed by atoms with E-state index in [9.17, 15) is 0 Å². The molecular weight excluding hydrogens is 298 g/mol. The van der Waals surface area contributed by atoms with Gasteiger partial charge in [0.2, 0.25) is 0 Å². The Morgan fingerprint density at radius 3 is 2.42 bits per heavy atom. The highest BCUT2D eigenvalue weighted by molar-refractivity contribution is 5.53. The van der Waals surface area contributed by atoms with Gasteiger partial charge in [0.25, 0.3) is 0 Å². The fraction of sp³-hybridized carbons (Fsp3) is 0.429. The number of likely N-dealkylation sites (N-methyl/N-ethyl adjacent to an activating group) is 1. The van der Waals surface area contributed by atoms with Gasteiger partial charge in [-0.25, -0.2) is 0 Å². The van der Waals surface area contributed by atoms with Crippen molar-refractivity contribution in [2.45, 2.75) is 31.3 Å². The van der Waals surface area contributed by atoms with E-state index in [1.165, 1.54) is 11.1 Å². The summed E-state index contributed by atoms with van der Waals surface area (Å²) in [5.74, 6) is 1.83. The minimum atomic E-state index is -0.229. The van der Waals surface area contributed by atoms with Crippen LogP contribution in [0.15, 0.2) is 48.5 Å². The molecule has 2 aromatic carbocycles. The summed E-state index contributed by atoms with van der Waals surface area (Å²) in [5.41, 5.74) is 2.18. The molecule has 1 atom stereocenters. The molecule has 0 saturated heterocycles. The molecule has 1 aliphatic heterocycles. The van der Waals surface area contributed by atoms with Crippen molar-refractivity contribution in [2.24, 2.45) is 0 Å². The molecule has 0 spiro atoms.